The van der Waals surface area contributed by atoms with E-state index in [9.17, 15) is 13.6 Å². The van der Waals surface area contributed by atoms with Gasteiger partial charge in [0, 0.05) is 66.7 Å². The van der Waals surface area contributed by atoms with Crippen molar-refractivity contribution in [2.45, 2.75) is 51.1 Å². The Bertz CT molecular complexity index is 1410. The molecule has 1 atom stereocenters. The molecule has 1 amide bonds. The normalized spacial score (nSPS) is 22.6. The van der Waals surface area contributed by atoms with Crippen LogP contribution in [0.5, 0.6) is 5.75 Å². The van der Waals surface area contributed by atoms with Gasteiger partial charge >= 0.3 is 0 Å². The lowest BCUT2D eigenvalue weighted by Gasteiger charge is -2.54. The van der Waals surface area contributed by atoms with Crippen LogP contribution in [0.1, 0.15) is 58.8 Å². The third-order valence-electron chi connectivity index (χ3n) is 8.85. The Morgan fingerprint density at radius 3 is 2.61 bits per heavy atom. The zero-order chi connectivity index (χ0) is 26.7. The molecular weight excluding hydrogens is 486 g/mol. The molecule has 1 aromatic heterocycles. The van der Waals surface area contributed by atoms with Crippen molar-refractivity contribution in [2.75, 3.05) is 26.7 Å². The number of fused-ring (bicyclic) bond motifs is 1. The van der Waals surface area contributed by atoms with E-state index in [1.165, 1.54) is 0 Å². The van der Waals surface area contributed by atoms with Crippen LogP contribution in [0.2, 0.25) is 0 Å². The standard InChI is InChI=1S/C30H32F2N4O2/c1-19-11-26(38-2)24(23-7-9-34-27(19)23)16-35-10-8-29(17-30(31,32)18-29)12-25(35)21-3-5-22(6-4-21)28(37)36-14-20(13-33)15-36/h3-7,9,11,20,25,34H,8,10,12,14-18H2,1-2H3. The maximum Gasteiger partial charge on any atom is 0.253 e. The number of alkyl halides is 2. The number of H-pyrrole nitrogens is 1. The second-order valence-corrected chi connectivity index (χ2v) is 11.4. The molecule has 1 saturated carbocycles. The number of nitrogens with zero attached hydrogens (tertiary/aromatic N) is 3. The van der Waals surface area contributed by atoms with Crippen molar-refractivity contribution in [3.05, 3.63) is 64.8 Å². The maximum atomic E-state index is 14.0. The number of carbonyl (C=O) groups is 1. The largest absolute Gasteiger partial charge is 0.496 e. The van der Waals surface area contributed by atoms with Crippen LogP contribution in [0.3, 0.4) is 0 Å². The number of amides is 1. The molecular formula is C30H32F2N4O2. The summed E-state index contributed by atoms with van der Waals surface area (Å²) in [5.74, 6) is -1.90. The summed E-state index contributed by atoms with van der Waals surface area (Å²) < 4.78 is 33.8. The van der Waals surface area contributed by atoms with E-state index in [4.69, 9.17) is 10.00 Å². The third-order valence-corrected chi connectivity index (χ3v) is 8.85. The number of nitrogens with one attached hydrogen (secondary N) is 1. The summed E-state index contributed by atoms with van der Waals surface area (Å²) in [6.07, 6.45) is 3.25. The smallest absolute Gasteiger partial charge is 0.253 e. The van der Waals surface area contributed by atoms with Gasteiger partial charge in [-0.15, -0.1) is 0 Å². The molecule has 2 aromatic carbocycles. The minimum Gasteiger partial charge on any atom is -0.496 e. The monoisotopic (exact) mass is 518 g/mol. The number of benzene rings is 2. The van der Waals surface area contributed by atoms with Crippen molar-refractivity contribution in [2.24, 2.45) is 11.3 Å². The fraction of sp³-hybridized carbons (Fsp3) is 0.467. The molecule has 1 N–H and O–H groups in total. The van der Waals surface area contributed by atoms with Gasteiger partial charge in [0.2, 0.25) is 5.92 Å². The van der Waals surface area contributed by atoms with Crippen molar-refractivity contribution in [1.29, 1.82) is 5.26 Å². The molecule has 38 heavy (non-hydrogen) atoms. The van der Waals surface area contributed by atoms with E-state index in [1.807, 2.05) is 36.5 Å². The fourth-order valence-corrected chi connectivity index (χ4v) is 6.80. The first-order valence-electron chi connectivity index (χ1n) is 13.3. The van der Waals surface area contributed by atoms with Crippen molar-refractivity contribution in [3.8, 4) is 11.8 Å². The molecule has 2 aliphatic heterocycles. The minimum absolute atomic E-state index is 0.0454. The number of nitriles is 1. The van der Waals surface area contributed by atoms with E-state index < -0.39 is 5.92 Å². The predicted molar refractivity (Wildman–Crippen MR) is 140 cm³/mol. The highest BCUT2D eigenvalue weighted by molar-refractivity contribution is 5.94. The summed E-state index contributed by atoms with van der Waals surface area (Å²) >= 11 is 0. The zero-order valence-electron chi connectivity index (χ0n) is 21.8. The second-order valence-electron chi connectivity index (χ2n) is 11.4. The molecule has 3 heterocycles. The number of piperidine rings is 1. The van der Waals surface area contributed by atoms with Crippen LogP contribution in [-0.4, -0.2) is 53.4 Å². The number of methoxy groups -OCH3 is 1. The van der Waals surface area contributed by atoms with Gasteiger partial charge in [-0.2, -0.15) is 5.26 Å². The Morgan fingerprint density at radius 1 is 1.21 bits per heavy atom. The van der Waals surface area contributed by atoms with Crippen LogP contribution in [-0.2, 0) is 6.54 Å². The van der Waals surface area contributed by atoms with Gasteiger partial charge in [-0.25, -0.2) is 8.78 Å². The molecule has 6 nitrogen and oxygen atoms in total. The average molecular weight is 519 g/mol. The van der Waals surface area contributed by atoms with E-state index in [-0.39, 0.29) is 36.1 Å². The lowest BCUT2D eigenvalue weighted by Crippen LogP contribution is -2.53. The summed E-state index contributed by atoms with van der Waals surface area (Å²) in [5.41, 5.74) is 4.56. The minimum atomic E-state index is -2.57. The molecule has 1 spiro atoms. The quantitative estimate of drug-likeness (QED) is 0.461. The highest BCUT2D eigenvalue weighted by Crippen LogP contribution is 2.60. The van der Waals surface area contributed by atoms with E-state index in [0.717, 1.165) is 39.8 Å². The van der Waals surface area contributed by atoms with Crippen molar-refractivity contribution in [3.63, 3.8) is 0 Å². The van der Waals surface area contributed by atoms with Crippen LogP contribution in [0.15, 0.2) is 42.6 Å². The molecule has 8 heteroatoms. The summed E-state index contributed by atoms with van der Waals surface area (Å²) in [7, 11) is 1.68. The Balaban J connectivity index is 1.29. The number of ether oxygens (including phenoxy) is 1. The van der Waals surface area contributed by atoms with Crippen molar-refractivity contribution in [1.82, 2.24) is 14.8 Å². The number of carbonyl (C=O) groups excluding carboxylic acids is 1. The molecule has 2 saturated heterocycles. The SMILES string of the molecule is COc1cc(C)c2[nH]ccc2c1CN1CCC2(CC1c1ccc(C(=O)N3CC(C#N)C3)cc1)CC(F)(F)C2. The van der Waals surface area contributed by atoms with Crippen LogP contribution >= 0.6 is 0 Å². The number of aromatic amines is 1. The zero-order valence-corrected chi connectivity index (χ0v) is 21.8. The molecule has 3 aromatic rings. The van der Waals surface area contributed by atoms with Crippen molar-refractivity contribution >= 4 is 16.8 Å². The Morgan fingerprint density at radius 2 is 1.95 bits per heavy atom. The number of likely N-dealkylation sites (tertiary alicyclic amines) is 2. The highest BCUT2D eigenvalue weighted by Gasteiger charge is 2.58. The maximum absolute atomic E-state index is 14.0. The molecule has 6 rings (SSSR count). The van der Waals surface area contributed by atoms with E-state index in [2.05, 4.69) is 28.9 Å². The highest BCUT2D eigenvalue weighted by atomic mass is 19.3. The van der Waals surface area contributed by atoms with Gasteiger partial charge in [-0.1, -0.05) is 12.1 Å². The first-order valence-corrected chi connectivity index (χ1v) is 13.3. The number of rotatable bonds is 5. The molecule has 0 bridgehead atoms. The van der Waals surface area contributed by atoms with Gasteiger partial charge in [-0.3, -0.25) is 9.69 Å². The van der Waals surface area contributed by atoms with Crippen LogP contribution in [0.25, 0.3) is 10.9 Å². The third kappa shape index (κ3) is 4.23. The number of aryl methyl sites for hydroxylation is 1. The summed E-state index contributed by atoms with van der Waals surface area (Å²) in [4.78, 5) is 20.2. The van der Waals surface area contributed by atoms with Gasteiger partial charge in [-0.05, 0) is 67.1 Å². The molecule has 3 fully saturated rings. The van der Waals surface area contributed by atoms with Crippen LogP contribution in [0, 0.1) is 29.6 Å². The number of hydrogen-bond acceptors (Lipinski definition) is 4. The van der Waals surface area contributed by atoms with Gasteiger partial charge in [0.1, 0.15) is 5.75 Å². The van der Waals surface area contributed by atoms with Gasteiger partial charge < -0.3 is 14.6 Å². The number of halogens is 2. The first-order chi connectivity index (χ1) is 18.2. The molecule has 1 aliphatic carbocycles. The Kier molecular flexibility index (Phi) is 5.95. The Hall–Kier alpha value is -3.44. The lowest BCUT2D eigenvalue weighted by atomic mass is 9.59. The van der Waals surface area contributed by atoms with Gasteiger partial charge in [0.15, 0.2) is 0 Å². The summed E-state index contributed by atoms with van der Waals surface area (Å²) in [6.45, 7) is 4.35. The van der Waals surface area contributed by atoms with E-state index in [1.54, 1.807) is 12.0 Å². The van der Waals surface area contributed by atoms with Crippen molar-refractivity contribution < 1.29 is 18.3 Å². The van der Waals surface area contributed by atoms with Crippen LogP contribution in [0.4, 0.5) is 8.78 Å². The molecule has 3 aliphatic rings. The number of aromatic nitrogens is 1. The van der Waals surface area contributed by atoms with E-state index in [0.29, 0.717) is 38.2 Å². The topological polar surface area (TPSA) is 72.4 Å². The van der Waals surface area contributed by atoms with Gasteiger partial charge in [0.05, 0.1) is 19.1 Å². The first kappa shape index (κ1) is 24.9. The molecule has 0 radical (unpaired) electrons. The van der Waals surface area contributed by atoms with Crippen LogP contribution < -0.4 is 4.74 Å². The molecule has 1 unspecified atom stereocenters. The summed E-state index contributed by atoms with van der Waals surface area (Å²) in [6, 6.07) is 13.9. The Labute approximate surface area is 221 Å². The number of hydrogen-bond donors (Lipinski definition) is 1. The average Bonchev–Trinajstić information content (AvgIpc) is 3.35. The van der Waals surface area contributed by atoms with E-state index >= 15 is 0 Å². The lowest BCUT2D eigenvalue weighted by molar-refractivity contribution is -0.186. The second kappa shape index (κ2) is 9.09. The fourth-order valence-electron chi connectivity index (χ4n) is 6.80. The van der Waals surface area contributed by atoms with Gasteiger partial charge in [0.25, 0.3) is 5.91 Å². The molecule has 198 valence electrons. The predicted octanol–water partition coefficient (Wildman–Crippen LogP) is 5.83. The summed E-state index contributed by atoms with van der Waals surface area (Å²) in [5, 5.41) is 10.1.